The molecule has 0 aromatic rings. The third-order valence-electron chi connectivity index (χ3n) is 3.64. The number of amides is 1. The van der Waals surface area contributed by atoms with Gasteiger partial charge in [-0.3, -0.25) is 4.79 Å². The largest absolute Gasteiger partial charge is 0.480 e. The van der Waals surface area contributed by atoms with Crippen molar-refractivity contribution < 1.29 is 19.4 Å². The lowest BCUT2D eigenvalue weighted by Gasteiger charge is -2.29. The molecule has 0 aliphatic carbocycles. The Labute approximate surface area is 114 Å². The van der Waals surface area contributed by atoms with Crippen LogP contribution >= 0.6 is 0 Å². The van der Waals surface area contributed by atoms with E-state index < -0.39 is 12.0 Å². The number of carboxylic acids is 1. The predicted octanol–water partition coefficient (Wildman–Crippen LogP) is 1.76. The Morgan fingerprint density at radius 2 is 1.89 bits per heavy atom. The van der Waals surface area contributed by atoms with Gasteiger partial charge in [0.15, 0.2) is 0 Å². The molecule has 1 amide bonds. The molecule has 1 rings (SSSR count). The van der Waals surface area contributed by atoms with Crippen LogP contribution in [-0.4, -0.2) is 48.2 Å². The van der Waals surface area contributed by atoms with Crippen LogP contribution in [0.5, 0.6) is 0 Å². The molecule has 0 aromatic heterocycles. The fourth-order valence-corrected chi connectivity index (χ4v) is 2.39. The van der Waals surface area contributed by atoms with E-state index in [9.17, 15) is 14.7 Å². The van der Waals surface area contributed by atoms with Crippen molar-refractivity contribution in [2.24, 2.45) is 11.8 Å². The van der Waals surface area contributed by atoms with Gasteiger partial charge in [-0.15, -0.1) is 0 Å². The van der Waals surface area contributed by atoms with Crippen LogP contribution in [0.2, 0.25) is 0 Å². The standard InChI is InChI=1S/C14H25NO4/c1-10(2)8-12(14(17)18)15(3)13(16)9-11-4-6-19-7-5-11/h10-12H,4-9H2,1-3H3,(H,17,18). The van der Waals surface area contributed by atoms with Gasteiger partial charge in [-0.05, 0) is 31.1 Å². The highest BCUT2D eigenvalue weighted by Gasteiger charge is 2.28. The number of carbonyl (C=O) groups excluding carboxylic acids is 1. The lowest BCUT2D eigenvalue weighted by molar-refractivity contribution is -0.150. The van der Waals surface area contributed by atoms with E-state index >= 15 is 0 Å². The van der Waals surface area contributed by atoms with Crippen LogP contribution in [0.15, 0.2) is 0 Å². The van der Waals surface area contributed by atoms with Crippen molar-refractivity contribution in [3.8, 4) is 0 Å². The summed E-state index contributed by atoms with van der Waals surface area (Å²) in [6.45, 7) is 5.34. The van der Waals surface area contributed by atoms with Gasteiger partial charge in [0.05, 0.1) is 0 Å². The van der Waals surface area contributed by atoms with Crippen molar-refractivity contribution in [1.29, 1.82) is 0 Å². The summed E-state index contributed by atoms with van der Waals surface area (Å²) in [5, 5.41) is 9.23. The monoisotopic (exact) mass is 271 g/mol. The maximum atomic E-state index is 12.2. The van der Waals surface area contributed by atoms with Crippen molar-refractivity contribution >= 4 is 11.9 Å². The number of hydrogen-bond donors (Lipinski definition) is 1. The zero-order valence-electron chi connectivity index (χ0n) is 12.1. The maximum Gasteiger partial charge on any atom is 0.326 e. The maximum absolute atomic E-state index is 12.2. The number of aliphatic carboxylic acids is 1. The Balaban J connectivity index is 2.54. The molecule has 0 bridgehead atoms. The Kier molecular flexibility index (Phi) is 6.28. The van der Waals surface area contributed by atoms with Gasteiger partial charge in [-0.2, -0.15) is 0 Å². The van der Waals surface area contributed by atoms with E-state index in [0.717, 1.165) is 12.8 Å². The van der Waals surface area contributed by atoms with E-state index in [2.05, 4.69) is 0 Å². The third-order valence-corrected chi connectivity index (χ3v) is 3.64. The highest BCUT2D eigenvalue weighted by atomic mass is 16.5. The first kappa shape index (κ1) is 16.0. The second-order valence-electron chi connectivity index (χ2n) is 5.75. The van der Waals surface area contributed by atoms with E-state index in [1.807, 2.05) is 13.8 Å². The molecular formula is C14H25NO4. The Bertz CT molecular complexity index is 311. The molecule has 1 aliphatic rings. The van der Waals surface area contributed by atoms with Gasteiger partial charge in [0.1, 0.15) is 6.04 Å². The van der Waals surface area contributed by atoms with Crippen molar-refractivity contribution in [2.45, 2.75) is 45.6 Å². The second kappa shape index (κ2) is 7.48. The van der Waals surface area contributed by atoms with Crippen LogP contribution in [0.1, 0.15) is 39.5 Å². The zero-order chi connectivity index (χ0) is 14.4. The van der Waals surface area contributed by atoms with Gasteiger partial charge >= 0.3 is 5.97 Å². The highest BCUT2D eigenvalue weighted by molar-refractivity contribution is 5.83. The lowest BCUT2D eigenvalue weighted by Crippen LogP contribution is -2.44. The number of carbonyl (C=O) groups is 2. The zero-order valence-corrected chi connectivity index (χ0v) is 12.1. The number of likely N-dealkylation sites (N-methyl/N-ethyl adjacent to an activating group) is 1. The van der Waals surface area contributed by atoms with Crippen molar-refractivity contribution in [2.75, 3.05) is 20.3 Å². The summed E-state index contributed by atoms with van der Waals surface area (Å²) in [4.78, 5) is 24.8. The summed E-state index contributed by atoms with van der Waals surface area (Å²) in [5.41, 5.74) is 0. The van der Waals surface area contributed by atoms with Gasteiger partial charge in [-0.1, -0.05) is 13.8 Å². The van der Waals surface area contributed by atoms with E-state index in [-0.39, 0.29) is 11.8 Å². The predicted molar refractivity (Wildman–Crippen MR) is 71.8 cm³/mol. The average Bonchev–Trinajstić information content (AvgIpc) is 2.35. The fraction of sp³-hybridized carbons (Fsp3) is 0.857. The molecule has 19 heavy (non-hydrogen) atoms. The van der Waals surface area contributed by atoms with Crippen molar-refractivity contribution in [3.63, 3.8) is 0 Å². The van der Waals surface area contributed by atoms with Crippen molar-refractivity contribution in [1.82, 2.24) is 4.90 Å². The van der Waals surface area contributed by atoms with Gasteiger partial charge in [0.25, 0.3) is 0 Å². The first-order chi connectivity index (χ1) is 8.91. The van der Waals surface area contributed by atoms with E-state index in [4.69, 9.17) is 4.74 Å². The minimum Gasteiger partial charge on any atom is -0.480 e. The minimum absolute atomic E-state index is 0.0695. The fourth-order valence-electron chi connectivity index (χ4n) is 2.39. The molecule has 5 nitrogen and oxygen atoms in total. The van der Waals surface area contributed by atoms with Crippen molar-refractivity contribution in [3.05, 3.63) is 0 Å². The summed E-state index contributed by atoms with van der Waals surface area (Å²) < 4.78 is 5.26. The summed E-state index contributed by atoms with van der Waals surface area (Å²) in [5.74, 6) is -0.409. The van der Waals surface area contributed by atoms with Crippen LogP contribution < -0.4 is 0 Å². The number of ether oxygens (including phenoxy) is 1. The average molecular weight is 271 g/mol. The molecular weight excluding hydrogens is 246 g/mol. The van der Waals surface area contributed by atoms with Gasteiger partial charge in [0, 0.05) is 26.7 Å². The van der Waals surface area contributed by atoms with Crippen LogP contribution in [0.25, 0.3) is 0 Å². The lowest BCUT2D eigenvalue weighted by atomic mass is 9.95. The molecule has 0 aromatic carbocycles. The number of rotatable bonds is 6. The number of nitrogens with zero attached hydrogens (tertiary/aromatic N) is 1. The molecule has 1 N–H and O–H groups in total. The van der Waals surface area contributed by atoms with Crippen LogP contribution in [0.3, 0.4) is 0 Å². The summed E-state index contributed by atoms with van der Waals surface area (Å²) in [6.07, 6.45) is 2.70. The summed E-state index contributed by atoms with van der Waals surface area (Å²) >= 11 is 0. The molecule has 0 saturated carbocycles. The Morgan fingerprint density at radius 1 is 1.32 bits per heavy atom. The number of carboxylic acid groups (broad SMARTS) is 1. The molecule has 0 spiro atoms. The molecule has 0 radical (unpaired) electrons. The van der Waals surface area contributed by atoms with Crippen LogP contribution in [0.4, 0.5) is 0 Å². The Hall–Kier alpha value is -1.10. The molecule has 1 aliphatic heterocycles. The third kappa shape index (κ3) is 5.19. The molecule has 110 valence electrons. The molecule has 5 heteroatoms. The molecule has 1 saturated heterocycles. The van der Waals surface area contributed by atoms with Gasteiger partial charge < -0.3 is 14.7 Å². The topological polar surface area (TPSA) is 66.8 Å². The van der Waals surface area contributed by atoms with E-state index in [1.54, 1.807) is 7.05 Å². The normalized spacial score (nSPS) is 18.3. The smallest absolute Gasteiger partial charge is 0.326 e. The van der Waals surface area contributed by atoms with Gasteiger partial charge in [0.2, 0.25) is 5.91 Å². The highest BCUT2D eigenvalue weighted by Crippen LogP contribution is 2.20. The van der Waals surface area contributed by atoms with Crippen LogP contribution in [-0.2, 0) is 14.3 Å². The second-order valence-corrected chi connectivity index (χ2v) is 5.75. The summed E-state index contributed by atoms with van der Waals surface area (Å²) in [6, 6.07) is -0.715. The van der Waals surface area contributed by atoms with Crippen LogP contribution in [0, 0.1) is 11.8 Å². The molecule has 1 atom stereocenters. The quantitative estimate of drug-likeness (QED) is 0.799. The first-order valence-electron chi connectivity index (χ1n) is 6.98. The van der Waals surface area contributed by atoms with E-state index in [1.165, 1.54) is 4.90 Å². The first-order valence-corrected chi connectivity index (χ1v) is 6.98. The summed E-state index contributed by atoms with van der Waals surface area (Å²) in [7, 11) is 1.60. The SMILES string of the molecule is CC(C)CC(C(=O)O)N(C)C(=O)CC1CCOCC1. The Morgan fingerprint density at radius 3 is 2.37 bits per heavy atom. The molecule has 1 fully saturated rings. The van der Waals surface area contributed by atoms with E-state index in [0.29, 0.717) is 32.0 Å². The minimum atomic E-state index is -0.920. The number of hydrogen-bond acceptors (Lipinski definition) is 3. The van der Waals surface area contributed by atoms with Gasteiger partial charge in [-0.25, -0.2) is 4.79 Å². The molecule has 1 heterocycles. The molecule has 1 unspecified atom stereocenters.